The number of hydrogen-bond acceptors (Lipinski definition) is 2. The average Bonchev–Trinajstić information content (AvgIpc) is 2.34. The fraction of sp³-hybridized carbons (Fsp3) is 0.938. The smallest absolute Gasteiger partial charge is 0.223 e. The van der Waals surface area contributed by atoms with Crippen LogP contribution in [0.5, 0.6) is 0 Å². The normalized spacial score (nSPS) is 26.3. The number of amides is 1. The van der Waals surface area contributed by atoms with Crippen molar-refractivity contribution in [1.82, 2.24) is 5.32 Å². The van der Waals surface area contributed by atoms with Gasteiger partial charge in [0.1, 0.15) is 0 Å². The first-order valence-corrected chi connectivity index (χ1v) is 7.67. The molecule has 1 aliphatic rings. The quantitative estimate of drug-likeness (QED) is 0.824. The first kappa shape index (κ1) is 16.5. The lowest BCUT2D eigenvalue weighted by molar-refractivity contribution is -0.128. The number of aliphatic hydroxyl groups excluding tert-OH is 1. The molecule has 3 nitrogen and oxygen atoms in total. The van der Waals surface area contributed by atoms with E-state index in [0.29, 0.717) is 5.41 Å². The molecule has 112 valence electrons. The number of aliphatic hydroxyl groups is 1. The molecular weight excluding hydrogens is 238 g/mol. The summed E-state index contributed by atoms with van der Waals surface area (Å²) < 4.78 is 0. The Kier molecular flexibility index (Phi) is 5.84. The molecule has 0 radical (unpaired) electrons. The van der Waals surface area contributed by atoms with Gasteiger partial charge in [-0.05, 0) is 42.9 Å². The van der Waals surface area contributed by atoms with E-state index in [-0.39, 0.29) is 30.4 Å². The molecule has 1 fully saturated rings. The van der Waals surface area contributed by atoms with Crippen molar-refractivity contribution in [3.8, 4) is 0 Å². The fourth-order valence-electron chi connectivity index (χ4n) is 2.95. The maximum Gasteiger partial charge on any atom is 0.223 e. The van der Waals surface area contributed by atoms with Gasteiger partial charge in [-0.15, -0.1) is 0 Å². The zero-order chi connectivity index (χ0) is 14.6. The van der Waals surface area contributed by atoms with Crippen LogP contribution in [0, 0.1) is 23.2 Å². The summed E-state index contributed by atoms with van der Waals surface area (Å²) in [5.74, 6) is 1.29. The summed E-state index contributed by atoms with van der Waals surface area (Å²) >= 11 is 0. The van der Waals surface area contributed by atoms with E-state index in [0.717, 1.165) is 31.6 Å². The summed E-state index contributed by atoms with van der Waals surface area (Å²) in [5.41, 5.74) is 0.354. The van der Waals surface area contributed by atoms with Crippen LogP contribution in [-0.4, -0.2) is 23.7 Å². The molecule has 1 rings (SSSR count). The predicted molar refractivity (Wildman–Crippen MR) is 78.8 cm³/mol. The van der Waals surface area contributed by atoms with Gasteiger partial charge in [0.05, 0.1) is 12.6 Å². The maximum absolute atomic E-state index is 12.2. The topological polar surface area (TPSA) is 49.3 Å². The Balaban J connectivity index is 2.45. The molecule has 1 saturated carbocycles. The van der Waals surface area contributed by atoms with Crippen molar-refractivity contribution in [2.45, 2.75) is 66.3 Å². The van der Waals surface area contributed by atoms with Gasteiger partial charge in [0, 0.05) is 5.92 Å². The van der Waals surface area contributed by atoms with Crippen LogP contribution in [-0.2, 0) is 4.79 Å². The highest BCUT2D eigenvalue weighted by Gasteiger charge is 2.32. The van der Waals surface area contributed by atoms with Gasteiger partial charge in [0.2, 0.25) is 5.91 Å². The molecular formula is C16H31NO2. The van der Waals surface area contributed by atoms with Gasteiger partial charge in [-0.1, -0.05) is 34.6 Å². The maximum atomic E-state index is 12.2. The molecule has 19 heavy (non-hydrogen) atoms. The lowest BCUT2D eigenvalue weighted by atomic mass is 9.69. The average molecular weight is 269 g/mol. The lowest BCUT2D eigenvalue weighted by Crippen LogP contribution is -2.45. The second-order valence-electron chi connectivity index (χ2n) is 7.46. The SMILES string of the molecule is CC(C)C(CO)NC(=O)C1CCC(C(C)(C)C)CC1. The molecule has 0 aliphatic heterocycles. The van der Waals surface area contributed by atoms with Crippen LogP contribution in [0.4, 0.5) is 0 Å². The van der Waals surface area contributed by atoms with E-state index in [1.54, 1.807) is 0 Å². The van der Waals surface area contributed by atoms with Gasteiger partial charge in [0.25, 0.3) is 0 Å². The van der Waals surface area contributed by atoms with Gasteiger partial charge >= 0.3 is 0 Å². The molecule has 2 N–H and O–H groups in total. The minimum atomic E-state index is -0.104. The van der Waals surface area contributed by atoms with Crippen LogP contribution in [0.25, 0.3) is 0 Å². The number of nitrogens with one attached hydrogen (secondary N) is 1. The van der Waals surface area contributed by atoms with Gasteiger partial charge in [-0.25, -0.2) is 0 Å². The Morgan fingerprint density at radius 2 is 1.74 bits per heavy atom. The van der Waals surface area contributed by atoms with Gasteiger partial charge in [-0.2, -0.15) is 0 Å². The second-order valence-corrected chi connectivity index (χ2v) is 7.46. The van der Waals surface area contributed by atoms with Crippen LogP contribution in [0.2, 0.25) is 0 Å². The van der Waals surface area contributed by atoms with Crippen LogP contribution in [0.15, 0.2) is 0 Å². The van der Waals surface area contributed by atoms with Crippen LogP contribution in [0.1, 0.15) is 60.3 Å². The minimum Gasteiger partial charge on any atom is -0.394 e. The third-order valence-electron chi connectivity index (χ3n) is 4.65. The van der Waals surface area contributed by atoms with E-state index in [2.05, 4.69) is 26.1 Å². The number of carbonyl (C=O) groups is 1. The molecule has 1 amide bonds. The molecule has 0 bridgehead atoms. The van der Waals surface area contributed by atoms with E-state index < -0.39 is 0 Å². The number of hydrogen-bond donors (Lipinski definition) is 2. The standard InChI is InChI=1S/C16H31NO2/c1-11(2)14(10-18)17-15(19)12-6-8-13(9-7-12)16(3,4)5/h11-14,18H,6-10H2,1-5H3,(H,17,19). The van der Waals surface area contributed by atoms with Crippen LogP contribution < -0.4 is 5.32 Å². The Morgan fingerprint density at radius 1 is 1.21 bits per heavy atom. The predicted octanol–water partition coefficient (Wildman–Crippen LogP) is 2.97. The van der Waals surface area contributed by atoms with Gasteiger partial charge < -0.3 is 10.4 Å². The van der Waals surface area contributed by atoms with E-state index in [1.165, 1.54) is 0 Å². The third kappa shape index (κ3) is 4.79. The van der Waals surface area contributed by atoms with E-state index in [4.69, 9.17) is 0 Å². The minimum absolute atomic E-state index is 0.0285. The van der Waals surface area contributed by atoms with Crippen molar-refractivity contribution in [1.29, 1.82) is 0 Å². The van der Waals surface area contributed by atoms with Crippen molar-refractivity contribution in [2.75, 3.05) is 6.61 Å². The molecule has 0 aromatic rings. The molecule has 1 aliphatic carbocycles. The van der Waals surface area contributed by atoms with Crippen LogP contribution in [0.3, 0.4) is 0 Å². The summed E-state index contributed by atoms with van der Waals surface area (Å²) in [5, 5.41) is 12.3. The summed E-state index contributed by atoms with van der Waals surface area (Å²) in [4.78, 5) is 12.2. The van der Waals surface area contributed by atoms with Crippen molar-refractivity contribution < 1.29 is 9.90 Å². The van der Waals surface area contributed by atoms with E-state index in [1.807, 2.05) is 13.8 Å². The molecule has 0 spiro atoms. The fourth-order valence-corrected chi connectivity index (χ4v) is 2.95. The largest absolute Gasteiger partial charge is 0.394 e. The molecule has 3 heteroatoms. The highest BCUT2D eigenvalue weighted by atomic mass is 16.3. The molecule has 0 aromatic carbocycles. The molecule has 0 heterocycles. The zero-order valence-electron chi connectivity index (χ0n) is 13.2. The Morgan fingerprint density at radius 3 is 2.11 bits per heavy atom. The van der Waals surface area contributed by atoms with Crippen LogP contribution >= 0.6 is 0 Å². The van der Waals surface area contributed by atoms with Gasteiger partial charge in [-0.3, -0.25) is 4.79 Å². The summed E-state index contributed by atoms with van der Waals surface area (Å²) in [7, 11) is 0. The summed E-state index contributed by atoms with van der Waals surface area (Å²) in [6, 6.07) is -0.104. The highest BCUT2D eigenvalue weighted by Crippen LogP contribution is 2.39. The van der Waals surface area contributed by atoms with Crippen molar-refractivity contribution >= 4 is 5.91 Å². The first-order chi connectivity index (χ1) is 8.75. The zero-order valence-corrected chi connectivity index (χ0v) is 13.2. The summed E-state index contributed by atoms with van der Waals surface area (Å²) in [6.07, 6.45) is 4.27. The number of carbonyl (C=O) groups excluding carboxylic acids is 1. The van der Waals surface area contributed by atoms with Crippen molar-refractivity contribution in [2.24, 2.45) is 23.2 Å². The Bertz CT molecular complexity index is 286. The monoisotopic (exact) mass is 269 g/mol. The Hall–Kier alpha value is -0.570. The highest BCUT2D eigenvalue weighted by molar-refractivity contribution is 5.79. The molecule has 1 unspecified atom stereocenters. The van der Waals surface area contributed by atoms with Crippen molar-refractivity contribution in [3.63, 3.8) is 0 Å². The molecule has 1 atom stereocenters. The van der Waals surface area contributed by atoms with Gasteiger partial charge in [0.15, 0.2) is 0 Å². The van der Waals surface area contributed by atoms with E-state index in [9.17, 15) is 9.90 Å². The lowest BCUT2D eigenvalue weighted by Gasteiger charge is -2.37. The third-order valence-corrected chi connectivity index (χ3v) is 4.65. The number of rotatable bonds is 4. The first-order valence-electron chi connectivity index (χ1n) is 7.67. The molecule has 0 saturated heterocycles. The molecule has 0 aromatic heterocycles. The van der Waals surface area contributed by atoms with E-state index >= 15 is 0 Å². The second kappa shape index (κ2) is 6.74. The summed E-state index contributed by atoms with van der Waals surface area (Å²) in [6.45, 7) is 11.0. The Labute approximate surface area is 118 Å². The van der Waals surface area contributed by atoms with Crippen molar-refractivity contribution in [3.05, 3.63) is 0 Å².